The Kier molecular flexibility index (Phi) is 8.37. The molecule has 0 radical (unpaired) electrons. The Morgan fingerprint density at radius 3 is 2.48 bits per heavy atom. The second kappa shape index (κ2) is 10.3. The van der Waals surface area contributed by atoms with E-state index in [0.29, 0.717) is 11.4 Å². The molecule has 2 amide bonds. The molecule has 0 bridgehead atoms. The highest BCUT2D eigenvalue weighted by molar-refractivity contribution is 6.51. The van der Waals surface area contributed by atoms with Crippen LogP contribution in [0.4, 0.5) is 0 Å². The van der Waals surface area contributed by atoms with Gasteiger partial charge in [0.15, 0.2) is 0 Å². The average molecular weight is 443 g/mol. The van der Waals surface area contributed by atoms with Crippen molar-refractivity contribution in [1.82, 2.24) is 10.6 Å². The maximum atomic E-state index is 12.4. The number of carbonyl (C=O) groups excluding carboxylic acids is 3. The van der Waals surface area contributed by atoms with E-state index in [9.17, 15) is 14.4 Å². The van der Waals surface area contributed by atoms with Gasteiger partial charge in [0, 0.05) is 5.02 Å². The summed E-state index contributed by atoms with van der Waals surface area (Å²) in [5.74, 6) is -1.73. The van der Waals surface area contributed by atoms with Gasteiger partial charge in [-0.1, -0.05) is 50.9 Å². The van der Waals surface area contributed by atoms with Gasteiger partial charge in [0.25, 0.3) is 5.91 Å². The van der Waals surface area contributed by atoms with Crippen LogP contribution in [0.1, 0.15) is 44.5 Å². The SMILES string of the molecule is CC(C)C[C@H](NC(=O)CNC(=O)c1cc(Cl)ccc1Cl)B1OC(=O)[C@H](C(C)C)O1. The average Bonchev–Trinajstić information content (AvgIpc) is 3.03. The minimum Gasteiger partial charge on any atom is -0.506 e. The molecule has 158 valence electrons. The first kappa shape index (κ1) is 23.5. The minimum atomic E-state index is -0.862. The quantitative estimate of drug-likeness (QED) is 0.603. The Labute approximate surface area is 180 Å². The van der Waals surface area contributed by atoms with Crippen LogP contribution in [0, 0.1) is 11.8 Å². The first-order valence-electron chi connectivity index (χ1n) is 9.47. The lowest BCUT2D eigenvalue weighted by Crippen LogP contribution is -2.51. The monoisotopic (exact) mass is 442 g/mol. The van der Waals surface area contributed by atoms with Crippen molar-refractivity contribution in [3.8, 4) is 0 Å². The van der Waals surface area contributed by atoms with Crippen LogP contribution in [0.25, 0.3) is 0 Å². The van der Waals surface area contributed by atoms with E-state index < -0.39 is 36.9 Å². The zero-order valence-corrected chi connectivity index (χ0v) is 18.3. The second-order valence-electron chi connectivity index (χ2n) is 7.72. The standard InChI is InChI=1S/C19H25BCl2N2O5/c1-10(2)7-15(20-28-17(11(3)4)19(27)29-20)24-16(25)9-23-18(26)13-8-12(21)5-6-14(13)22/h5-6,8,10-11,15,17H,7,9H2,1-4H3,(H,23,26)(H,24,25)/t15-,17-/m0/s1. The maximum Gasteiger partial charge on any atom is 0.552 e. The van der Waals surface area contributed by atoms with Gasteiger partial charge in [-0.2, -0.15) is 0 Å². The number of hydrogen-bond donors (Lipinski definition) is 2. The summed E-state index contributed by atoms with van der Waals surface area (Å²) < 4.78 is 11.0. The largest absolute Gasteiger partial charge is 0.552 e. The molecular weight excluding hydrogens is 418 g/mol. The summed E-state index contributed by atoms with van der Waals surface area (Å²) in [6.07, 6.45) is -0.112. The van der Waals surface area contributed by atoms with Gasteiger partial charge < -0.3 is 19.9 Å². The summed E-state index contributed by atoms with van der Waals surface area (Å²) >= 11 is 11.9. The van der Waals surface area contributed by atoms with E-state index in [0.717, 1.165) is 0 Å². The van der Waals surface area contributed by atoms with Gasteiger partial charge in [0.2, 0.25) is 5.91 Å². The predicted octanol–water partition coefficient (Wildman–Crippen LogP) is 2.88. The highest BCUT2D eigenvalue weighted by Crippen LogP contribution is 2.22. The van der Waals surface area contributed by atoms with Crippen LogP contribution >= 0.6 is 23.2 Å². The third-order valence-corrected chi connectivity index (χ3v) is 4.90. The van der Waals surface area contributed by atoms with Crippen molar-refractivity contribution in [3.63, 3.8) is 0 Å². The van der Waals surface area contributed by atoms with Gasteiger partial charge in [-0.25, -0.2) is 0 Å². The normalized spacial score (nSPS) is 17.4. The van der Waals surface area contributed by atoms with E-state index >= 15 is 0 Å². The molecule has 0 saturated carbocycles. The highest BCUT2D eigenvalue weighted by Gasteiger charge is 2.47. The van der Waals surface area contributed by atoms with E-state index in [2.05, 4.69) is 10.6 Å². The number of halogens is 2. The van der Waals surface area contributed by atoms with Crippen LogP contribution in [0.15, 0.2) is 18.2 Å². The topological polar surface area (TPSA) is 93.7 Å². The molecule has 10 heteroatoms. The van der Waals surface area contributed by atoms with E-state index in [-0.39, 0.29) is 29.0 Å². The molecule has 29 heavy (non-hydrogen) atoms. The molecule has 7 nitrogen and oxygen atoms in total. The van der Waals surface area contributed by atoms with E-state index in [4.69, 9.17) is 32.5 Å². The van der Waals surface area contributed by atoms with E-state index in [1.807, 2.05) is 27.7 Å². The maximum absolute atomic E-state index is 12.4. The molecule has 1 aromatic carbocycles. The van der Waals surface area contributed by atoms with Gasteiger partial charge in [-0.15, -0.1) is 0 Å². The van der Waals surface area contributed by atoms with Crippen molar-refractivity contribution >= 4 is 48.1 Å². The summed E-state index contributed by atoms with van der Waals surface area (Å²) in [4.78, 5) is 36.7. The number of nitrogens with one attached hydrogen (secondary N) is 2. The molecular formula is C19H25BCl2N2O5. The molecule has 0 spiro atoms. The zero-order valence-electron chi connectivity index (χ0n) is 16.8. The highest BCUT2D eigenvalue weighted by atomic mass is 35.5. The molecule has 1 aromatic rings. The molecule has 1 aliphatic rings. The Morgan fingerprint density at radius 2 is 1.90 bits per heavy atom. The Morgan fingerprint density at radius 1 is 1.21 bits per heavy atom. The summed E-state index contributed by atoms with van der Waals surface area (Å²) in [6.45, 7) is 7.42. The zero-order chi connectivity index (χ0) is 21.7. The molecule has 0 aromatic heterocycles. The second-order valence-corrected chi connectivity index (χ2v) is 8.56. The van der Waals surface area contributed by atoms with Crippen molar-refractivity contribution in [3.05, 3.63) is 33.8 Å². The molecule has 2 atom stereocenters. The summed E-state index contributed by atoms with van der Waals surface area (Å²) in [7, 11) is -0.862. The lowest BCUT2D eigenvalue weighted by atomic mass is 9.74. The lowest BCUT2D eigenvalue weighted by molar-refractivity contribution is -0.137. The van der Waals surface area contributed by atoms with Crippen molar-refractivity contribution in [2.45, 2.75) is 46.2 Å². The van der Waals surface area contributed by atoms with Crippen LogP contribution < -0.4 is 10.6 Å². The minimum absolute atomic E-state index is 0.0374. The fourth-order valence-electron chi connectivity index (χ4n) is 2.95. The number of carbonyl (C=O) groups is 3. The molecule has 2 N–H and O–H groups in total. The third-order valence-electron chi connectivity index (χ3n) is 4.33. The molecule has 0 unspecified atom stereocenters. The number of amides is 2. The summed E-state index contributed by atoms with van der Waals surface area (Å²) in [5, 5.41) is 5.89. The van der Waals surface area contributed by atoms with Crippen LogP contribution in [0.2, 0.25) is 10.0 Å². The molecule has 1 heterocycles. The first-order chi connectivity index (χ1) is 13.6. The van der Waals surface area contributed by atoms with Crippen LogP contribution in [-0.2, 0) is 18.9 Å². The van der Waals surface area contributed by atoms with Gasteiger partial charge in [-0.3, -0.25) is 14.4 Å². The molecule has 1 aliphatic heterocycles. The molecule has 0 aliphatic carbocycles. The summed E-state index contributed by atoms with van der Waals surface area (Å²) in [6, 6.07) is 4.50. The smallest absolute Gasteiger partial charge is 0.506 e. The Bertz CT molecular complexity index is 775. The van der Waals surface area contributed by atoms with Crippen molar-refractivity contribution in [2.75, 3.05) is 6.54 Å². The third kappa shape index (κ3) is 6.62. The van der Waals surface area contributed by atoms with Gasteiger partial charge in [0.05, 0.1) is 23.1 Å². The fourth-order valence-corrected chi connectivity index (χ4v) is 3.32. The molecule has 2 rings (SSSR count). The van der Waals surface area contributed by atoms with Crippen LogP contribution in [0.3, 0.4) is 0 Å². The van der Waals surface area contributed by atoms with Gasteiger partial charge in [0.1, 0.15) is 6.10 Å². The van der Waals surface area contributed by atoms with Crippen LogP contribution in [-0.4, -0.2) is 43.5 Å². The number of benzene rings is 1. The predicted molar refractivity (Wildman–Crippen MR) is 112 cm³/mol. The summed E-state index contributed by atoms with van der Waals surface area (Å²) in [5.41, 5.74) is 0.179. The molecule has 1 fully saturated rings. The number of rotatable bonds is 8. The Balaban J connectivity index is 1.97. The van der Waals surface area contributed by atoms with Gasteiger partial charge in [-0.05, 0) is 36.5 Å². The van der Waals surface area contributed by atoms with E-state index in [1.165, 1.54) is 12.1 Å². The lowest BCUT2D eigenvalue weighted by Gasteiger charge is -2.22. The first-order valence-corrected chi connectivity index (χ1v) is 10.2. The molecule has 1 saturated heterocycles. The van der Waals surface area contributed by atoms with E-state index in [1.54, 1.807) is 6.07 Å². The van der Waals surface area contributed by atoms with Crippen molar-refractivity contribution in [2.24, 2.45) is 11.8 Å². The Hall–Kier alpha value is -1.77. The number of hydrogen-bond acceptors (Lipinski definition) is 5. The van der Waals surface area contributed by atoms with Crippen molar-refractivity contribution < 1.29 is 23.7 Å². The van der Waals surface area contributed by atoms with Gasteiger partial charge >= 0.3 is 13.1 Å². The fraction of sp³-hybridized carbons (Fsp3) is 0.526. The van der Waals surface area contributed by atoms with Crippen molar-refractivity contribution in [1.29, 1.82) is 0 Å². The van der Waals surface area contributed by atoms with Crippen LogP contribution in [0.5, 0.6) is 0 Å².